The fourth-order valence-corrected chi connectivity index (χ4v) is 8.18. The van der Waals surface area contributed by atoms with Crippen LogP contribution in [0.1, 0.15) is 77.3 Å². The molecule has 0 aliphatic heterocycles. The number of carbonyl (C=O) groups excluding carboxylic acids is 5. The van der Waals surface area contributed by atoms with E-state index in [1.165, 1.54) is 0 Å². The van der Waals surface area contributed by atoms with Crippen molar-refractivity contribution in [3.05, 3.63) is 41.7 Å². The van der Waals surface area contributed by atoms with Crippen molar-refractivity contribution in [3.8, 4) is 0 Å². The SMILES string of the molecule is C[C@]12CCC(=O)C=C1CC[C@H]1[C@@H]2C(=O)C[C@]2(C)[C@H]1CC[C@]2(O)C(=O)COC(=O)CCC(=O)NCc1ccccn1. The lowest BCUT2D eigenvalue weighted by molar-refractivity contribution is -0.173. The fraction of sp³-hybridized carbons (Fsp3) is 0.613. The van der Waals surface area contributed by atoms with E-state index in [-0.39, 0.29) is 72.9 Å². The number of carbonyl (C=O) groups is 5. The Hall–Kier alpha value is -3.20. The summed E-state index contributed by atoms with van der Waals surface area (Å²) in [5.74, 6) is -1.64. The van der Waals surface area contributed by atoms with Crippen LogP contribution < -0.4 is 5.32 Å². The van der Waals surface area contributed by atoms with Crippen LogP contribution in [0.5, 0.6) is 0 Å². The summed E-state index contributed by atoms with van der Waals surface area (Å²) < 4.78 is 5.18. The molecule has 1 amide bonds. The Balaban J connectivity index is 1.18. The molecule has 0 saturated heterocycles. The summed E-state index contributed by atoms with van der Waals surface area (Å²) in [4.78, 5) is 67.7. The van der Waals surface area contributed by atoms with E-state index in [9.17, 15) is 29.1 Å². The molecule has 0 radical (unpaired) electrons. The number of fused-ring (bicyclic) bond motifs is 5. The molecule has 1 aromatic rings. The van der Waals surface area contributed by atoms with Crippen LogP contribution in [0, 0.1) is 28.6 Å². The number of nitrogens with one attached hydrogen (secondary N) is 1. The first-order valence-corrected chi connectivity index (χ1v) is 14.3. The molecule has 40 heavy (non-hydrogen) atoms. The number of ketones is 3. The van der Waals surface area contributed by atoms with Crippen molar-refractivity contribution in [1.82, 2.24) is 10.3 Å². The number of amides is 1. The second kappa shape index (κ2) is 10.7. The minimum atomic E-state index is -1.77. The van der Waals surface area contributed by atoms with Crippen LogP contribution in [-0.2, 0) is 35.3 Å². The van der Waals surface area contributed by atoms with Crippen LogP contribution in [0.25, 0.3) is 0 Å². The maximum absolute atomic E-state index is 13.7. The summed E-state index contributed by atoms with van der Waals surface area (Å²) in [6, 6.07) is 5.37. The number of pyridine rings is 1. The van der Waals surface area contributed by atoms with E-state index in [0.717, 1.165) is 18.4 Å². The van der Waals surface area contributed by atoms with Crippen LogP contribution in [0.15, 0.2) is 36.0 Å². The molecule has 2 N–H and O–H groups in total. The maximum atomic E-state index is 13.7. The van der Waals surface area contributed by atoms with Gasteiger partial charge in [0.15, 0.2) is 12.4 Å². The quantitative estimate of drug-likeness (QED) is 0.471. The number of hydrogen-bond acceptors (Lipinski definition) is 8. The van der Waals surface area contributed by atoms with Gasteiger partial charge in [-0.1, -0.05) is 25.5 Å². The summed E-state index contributed by atoms with van der Waals surface area (Å²) in [6.07, 6.45) is 6.61. The summed E-state index contributed by atoms with van der Waals surface area (Å²) in [7, 11) is 0. The van der Waals surface area contributed by atoms with Crippen LogP contribution >= 0.6 is 0 Å². The largest absolute Gasteiger partial charge is 0.458 e. The predicted molar refractivity (Wildman–Crippen MR) is 143 cm³/mol. The van der Waals surface area contributed by atoms with Gasteiger partial charge in [0.1, 0.15) is 11.4 Å². The van der Waals surface area contributed by atoms with E-state index in [2.05, 4.69) is 17.2 Å². The highest BCUT2D eigenvalue weighted by Crippen LogP contribution is 2.66. The first-order valence-electron chi connectivity index (χ1n) is 14.3. The highest BCUT2D eigenvalue weighted by atomic mass is 16.5. The number of aliphatic hydroxyl groups is 1. The van der Waals surface area contributed by atoms with Crippen LogP contribution in [0.3, 0.4) is 0 Å². The first kappa shape index (κ1) is 28.3. The number of nitrogens with zero attached hydrogens (tertiary/aromatic N) is 1. The molecular weight excluding hydrogens is 512 g/mol. The molecular formula is C31H38N2O7. The minimum absolute atomic E-state index is 0.0151. The Kier molecular flexibility index (Phi) is 7.54. The molecule has 9 nitrogen and oxygen atoms in total. The van der Waals surface area contributed by atoms with E-state index in [1.807, 2.05) is 13.0 Å². The fourth-order valence-electron chi connectivity index (χ4n) is 8.18. The van der Waals surface area contributed by atoms with Gasteiger partial charge in [-0.3, -0.25) is 29.0 Å². The van der Waals surface area contributed by atoms with E-state index >= 15 is 0 Å². The van der Waals surface area contributed by atoms with Crippen molar-refractivity contribution in [2.45, 2.75) is 83.8 Å². The molecule has 3 fully saturated rings. The van der Waals surface area contributed by atoms with E-state index in [1.54, 1.807) is 24.4 Å². The van der Waals surface area contributed by atoms with Gasteiger partial charge in [0.2, 0.25) is 11.7 Å². The second-order valence-electron chi connectivity index (χ2n) is 12.5. The Morgan fingerprint density at radius 2 is 1.90 bits per heavy atom. The van der Waals surface area contributed by atoms with Crippen molar-refractivity contribution in [1.29, 1.82) is 0 Å². The molecule has 1 heterocycles. The molecule has 0 aromatic carbocycles. The Bertz CT molecular complexity index is 1260. The van der Waals surface area contributed by atoms with Crippen molar-refractivity contribution in [2.24, 2.45) is 28.6 Å². The molecule has 0 bridgehead atoms. The lowest BCUT2D eigenvalue weighted by atomic mass is 9.46. The van der Waals surface area contributed by atoms with E-state index in [4.69, 9.17) is 4.74 Å². The average molecular weight is 551 g/mol. The molecule has 3 saturated carbocycles. The van der Waals surface area contributed by atoms with Gasteiger partial charge in [-0.25, -0.2) is 0 Å². The topological polar surface area (TPSA) is 140 Å². The van der Waals surface area contributed by atoms with E-state index in [0.29, 0.717) is 25.0 Å². The molecule has 1 aromatic heterocycles. The number of hydrogen-bond donors (Lipinski definition) is 2. The van der Waals surface area contributed by atoms with Crippen LogP contribution in [-0.4, -0.2) is 51.5 Å². The maximum Gasteiger partial charge on any atom is 0.306 e. The zero-order chi connectivity index (χ0) is 28.7. The molecule has 4 aliphatic carbocycles. The van der Waals surface area contributed by atoms with Crippen molar-refractivity contribution in [3.63, 3.8) is 0 Å². The number of Topliss-reactive ketones (excluding diaryl/α,β-unsaturated/α-hetero) is 2. The summed E-state index contributed by atoms with van der Waals surface area (Å²) >= 11 is 0. The molecule has 9 heteroatoms. The standard InChI is InChI=1S/C31H38N2O7/c1-29-12-10-21(34)15-19(29)6-7-22-23-11-13-31(39,30(23,2)16-24(35)28(22)29)25(36)18-40-27(38)9-8-26(37)33-17-20-5-3-4-14-32-20/h3-5,14-15,22-23,28,39H,6-13,16-18H2,1-2H3,(H,33,37)/t22-,23+,28-,29+,30-,31+/m1/s1. The van der Waals surface area contributed by atoms with Gasteiger partial charge < -0.3 is 15.2 Å². The highest BCUT2D eigenvalue weighted by molar-refractivity contribution is 5.95. The third kappa shape index (κ3) is 4.82. The van der Waals surface area contributed by atoms with E-state index < -0.39 is 29.4 Å². The van der Waals surface area contributed by atoms with Gasteiger partial charge in [0.05, 0.1) is 18.7 Å². The van der Waals surface area contributed by atoms with Crippen molar-refractivity contribution in [2.75, 3.05) is 6.61 Å². The zero-order valence-corrected chi connectivity index (χ0v) is 23.2. The van der Waals surface area contributed by atoms with Crippen LogP contribution in [0.4, 0.5) is 0 Å². The van der Waals surface area contributed by atoms with Gasteiger partial charge in [0.25, 0.3) is 0 Å². The normalized spacial score (nSPS) is 34.7. The third-order valence-corrected chi connectivity index (χ3v) is 10.4. The smallest absolute Gasteiger partial charge is 0.306 e. The first-order chi connectivity index (χ1) is 19.0. The molecule has 214 valence electrons. The number of aromatic nitrogens is 1. The Labute approximate surface area is 234 Å². The van der Waals surface area contributed by atoms with Gasteiger partial charge in [0, 0.05) is 36.8 Å². The summed E-state index contributed by atoms with van der Waals surface area (Å²) in [5.41, 5.74) is -1.29. The molecule has 6 atom stereocenters. The van der Waals surface area contributed by atoms with Gasteiger partial charge in [-0.2, -0.15) is 0 Å². The molecule has 5 rings (SSSR count). The minimum Gasteiger partial charge on any atom is -0.458 e. The monoisotopic (exact) mass is 550 g/mol. The number of allylic oxidation sites excluding steroid dienone is 1. The average Bonchev–Trinajstić information content (AvgIpc) is 3.20. The highest BCUT2D eigenvalue weighted by Gasteiger charge is 2.68. The zero-order valence-electron chi connectivity index (χ0n) is 23.2. The number of rotatable bonds is 8. The lowest BCUT2D eigenvalue weighted by Gasteiger charge is -2.57. The predicted octanol–water partition coefficient (Wildman–Crippen LogP) is 3.03. The molecule has 4 aliphatic rings. The summed E-state index contributed by atoms with van der Waals surface area (Å²) in [6.45, 7) is 3.59. The van der Waals surface area contributed by atoms with Crippen molar-refractivity contribution >= 4 is 29.2 Å². The van der Waals surface area contributed by atoms with Gasteiger partial charge in [-0.15, -0.1) is 0 Å². The van der Waals surface area contributed by atoms with Crippen molar-refractivity contribution < 1.29 is 33.8 Å². The number of esters is 1. The van der Waals surface area contributed by atoms with Gasteiger partial charge >= 0.3 is 5.97 Å². The molecule has 0 spiro atoms. The Morgan fingerprint density at radius 3 is 2.65 bits per heavy atom. The van der Waals surface area contributed by atoms with Crippen LogP contribution in [0.2, 0.25) is 0 Å². The second-order valence-corrected chi connectivity index (χ2v) is 12.5. The lowest BCUT2D eigenvalue weighted by Crippen LogP contribution is -2.61. The third-order valence-electron chi connectivity index (χ3n) is 10.4. The Morgan fingerprint density at radius 1 is 1.10 bits per heavy atom. The summed E-state index contributed by atoms with van der Waals surface area (Å²) in [5, 5.41) is 14.4. The molecule has 0 unspecified atom stereocenters. The van der Waals surface area contributed by atoms with Gasteiger partial charge in [-0.05, 0) is 67.6 Å². The number of ether oxygens (including phenoxy) is 1.